The summed E-state index contributed by atoms with van der Waals surface area (Å²) in [6, 6.07) is 6.60. The van der Waals surface area contributed by atoms with Gasteiger partial charge in [-0.05, 0) is 19.1 Å². The molecule has 0 spiro atoms. The van der Waals surface area contributed by atoms with Crippen molar-refractivity contribution < 1.29 is 17.9 Å². The first-order chi connectivity index (χ1) is 7.46. The van der Waals surface area contributed by atoms with Gasteiger partial charge in [-0.3, -0.25) is 0 Å². The Bertz CT molecular complexity index is 338. The lowest BCUT2D eigenvalue weighted by atomic mass is 10.2. The van der Waals surface area contributed by atoms with E-state index >= 15 is 0 Å². The zero-order valence-electron chi connectivity index (χ0n) is 9.21. The summed E-state index contributed by atoms with van der Waals surface area (Å²) < 4.78 is 41.8. The average molecular weight is 233 g/mol. The van der Waals surface area contributed by atoms with Crippen molar-refractivity contribution in [3.8, 4) is 5.75 Å². The summed E-state index contributed by atoms with van der Waals surface area (Å²) in [7, 11) is 1.49. The molecular weight excluding hydrogens is 219 g/mol. The van der Waals surface area contributed by atoms with Crippen LogP contribution in [0.15, 0.2) is 24.3 Å². The second kappa shape index (κ2) is 5.09. The van der Waals surface area contributed by atoms with E-state index in [1.54, 1.807) is 31.2 Å². The Kier molecular flexibility index (Phi) is 4.04. The van der Waals surface area contributed by atoms with Gasteiger partial charge in [0.1, 0.15) is 12.3 Å². The van der Waals surface area contributed by atoms with Crippen LogP contribution in [0.3, 0.4) is 0 Å². The maximum Gasteiger partial charge on any atom is 0.405 e. The molecule has 0 aliphatic heterocycles. The van der Waals surface area contributed by atoms with Crippen LogP contribution in [0.25, 0.3) is 0 Å². The van der Waals surface area contributed by atoms with Crippen molar-refractivity contribution in [3.05, 3.63) is 24.3 Å². The molecule has 0 heterocycles. The van der Waals surface area contributed by atoms with E-state index in [1.807, 2.05) is 0 Å². The molecule has 1 aromatic rings. The number of anilines is 1. The summed E-state index contributed by atoms with van der Waals surface area (Å²) in [5.74, 6) is 0.554. The van der Waals surface area contributed by atoms with Crippen LogP contribution in [0.1, 0.15) is 6.92 Å². The van der Waals surface area contributed by atoms with Gasteiger partial charge in [-0.25, -0.2) is 0 Å². The fourth-order valence-electron chi connectivity index (χ4n) is 1.41. The normalized spacial score (nSPS) is 11.3. The van der Waals surface area contributed by atoms with Crippen LogP contribution in [-0.4, -0.2) is 26.4 Å². The second-order valence-electron chi connectivity index (χ2n) is 3.33. The van der Waals surface area contributed by atoms with Crippen LogP contribution in [0.5, 0.6) is 5.75 Å². The van der Waals surface area contributed by atoms with Crippen molar-refractivity contribution in [3.63, 3.8) is 0 Å². The maximum atomic E-state index is 12.3. The van der Waals surface area contributed by atoms with Gasteiger partial charge in [0.15, 0.2) is 0 Å². The van der Waals surface area contributed by atoms with E-state index in [-0.39, 0.29) is 0 Å². The van der Waals surface area contributed by atoms with E-state index in [9.17, 15) is 13.2 Å². The zero-order valence-corrected chi connectivity index (χ0v) is 9.21. The molecule has 0 radical (unpaired) electrons. The van der Waals surface area contributed by atoms with Crippen molar-refractivity contribution >= 4 is 5.69 Å². The van der Waals surface area contributed by atoms with Crippen molar-refractivity contribution in [2.75, 3.05) is 25.1 Å². The van der Waals surface area contributed by atoms with Crippen molar-refractivity contribution in [2.45, 2.75) is 13.1 Å². The van der Waals surface area contributed by atoms with Crippen molar-refractivity contribution in [1.82, 2.24) is 0 Å². The summed E-state index contributed by atoms with van der Waals surface area (Å²) in [4.78, 5) is 1.25. The summed E-state index contributed by atoms with van der Waals surface area (Å²) in [6.45, 7) is 1.04. The molecule has 0 aliphatic rings. The largest absolute Gasteiger partial charge is 0.497 e. The Hall–Kier alpha value is -1.39. The Morgan fingerprint density at radius 2 is 2.00 bits per heavy atom. The first kappa shape index (κ1) is 12.7. The van der Waals surface area contributed by atoms with Crippen LogP contribution in [-0.2, 0) is 0 Å². The number of hydrogen-bond donors (Lipinski definition) is 0. The molecule has 1 aromatic carbocycles. The minimum absolute atomic E-state index is 0.298. The Labute approximate surface area is 92.6 Å². The first-order valence-corrected chi connectivity index (χ1v) is 4.92. The Balaban J connectivity index is 2.86. The Morgan fingerprint density at radius 1 is 1.31 bits per heavy atom. The minimum Gasteiger partial charge on any atom is -0.497 e. The van der Waals surface area contributed by atoms with Gasteiger partial charge in [-0.1, -0.05) is 6.07 Å². The lowest BCUT2D eigenvalue weighted by Gasteiger charge is -2.24. The monoisotopic (exact) mass is 233 g/mol. The summed E-state index contributed by atoms with van der Waals surface area (Å²) in [5, 5.41) is 0. The molecule has 16 heavy (non-hydrogen) atoms. The van der Waals surface area contributed by atoms with Crippen LogP contribution in [0, 0.1) is 0 Å². The van der Waals surface area contributed by atoms with Crippen molar-refractivity contribution in [1.29, 1.82) is 0 Å². The number of alkyl halides is 3. The number of ether oxygens (including phenoxy) is 1. The fraction of sp³-hybridized carbons (Fsp3) is 0.455. The number of benzene rings is 1. The van der Waals surface area contributed by atoms with Gasteiger partial charge >= 0.3 is 6.18 Å². The molecule has 5 heteroatoms. The van der Waals surface area contributed by atoms with Gasteiger partial charge in [-0.2, -0.15) is 13.2 Å². The van der Waals surface area contributed by atoms with Gasteiger partial charge < -0.3 is 9.64 Å². The standard InChI is InChI=1S/C11H14F3NO/c1-3-15(8-11(12,13)14)9-5-4-6-10(7-9)16-2/h4-7H,3,8H2,1-2H3. The molecule has 90 valence electrons. The van der Waals surface area contributed by atoms with E-state index in [4.69, 9.17) is 4.74 Å². The minimum atomic E-state index is -4.20. The molecule has 0 fully saturated rings. The zero-order chi connectivity index (χ0) is 12.2. The highest BCUT2D eigenvalue weighted by Gasteiger charge is 2.30. The van der Waals surface area contributed by atoms with Gasteiger partial charge in [-0.15, -0.1) is 0 Å². The molecule has 0 aliphatic carbocycles. The lowest BCUT2D eigenvalue weighted by Crippen LogP contribution is -2.34. The second-order valence-corrected chi connectivity index (χ2v) is 3.33. The summed E-state index contributed by atoms with van der Waals surface area (Å²) >= 11 is 0. The number of methoxy groups -OCH3 is 1. The molecule has 0 saturated heterocycles. The molecular formula is C11H14F3NO. The van der Waals surface area contributed by atoms with Gasteiger partial charge in [0, 0.05) is 18.3 Å². The third-order valence-electron chi connectivity index (χ3n) is 2.17. The van der Waals surface area contributed by atoms with E-state index in [0.29, 0.717) is 18.0 Å². The lowest BCUT2D eigenvalue weighted by molar-refractivity contribution is -0.119. The average Bonchev–Trinajstić information content (AvgIpc) is 2.25. The molecule has 0 aromatic heterocycles. The third-order valence-corrected chi connectivity index (χ3v) is 2.17. The molecule has 0 atom stereocenters. The van der Waals surface area contributed by atoms with Gasteiger partial charge in [0.25, 0.3) is 0 Å². The van der Waals surface area contributed by atoms with E-state index in [0.717, 1.165) is 0 Å². The van der Waals surface area contributed by atoms with Gasteiger partial charge in [0.2, 0.25) is 0 Å². The third kappa shape index (κ3) is 3.64. The fourth-order valence-corrected chi connectivity index (χ4v) is 1.41. The topological polar surface area (TPSA) is 12.5 Å². The van der Waals surface area contributed by atoms with Crippen LogP contribution in [0.4, 0.5) is 18.9 Å². The number of halogens is 3. The molecule has 0 bridgehead atoms. The highest BCUT2D eigenvalue weighted by molar-refractivity contribution is 5.50. The SMILES string of the molecule is CCN(CC(F)(F)F)c1cccc(OC)c1. The summed E-state index contributed by atoms with van der Waals surface area (Å²) in [6.07, 6.45) is -4.20. The Morgan fingerprint density at radius 3 is 2.50 bits per heavy atom. The van der Waals surface area contributed by atoms with Crippen LogP contribution < -0.4 is 9.64 Å². The van der Waals surface area contributed by atoms with E-state index in [2.05, 4.69) is 0 Å². The predicted octanol–water partition coefficient (Wildman–Crippen LogP) is 3.08. The quantitative estimate of drug-likeness (QED) is 0.792. The van der Waals surface area contributed by atoms with Crippen molar-refractivity contribution in [2.24, 2.45) is 0 Å². The number of hydrogen-bond acceptors (Lipinski definition) is 2. The molecule has 0 amide bonds. The van der Waals surface area contributed by atoms with Crippen LogP contribution >= 0.6 is 0 Å². The molecule has 2 nitrogen and oxygen atoms in total. The predicted molar refractivity (Wildman–Crippen MR) is 56.9 cm³/mol. The smallest absolute Gasteiger partial charge is 0.405 e. The maximum absolute atomic E-state index is 12.3. The van der Waals surface area contributed by atoms with Crippen LogP contribution in [0.2, 0.25) is 0 Å². The summed E-state index contributed by atoms with van der Waals surface area (Å²) in [5.41, 5.74) is 0.513. The highest BCUT2D eigenvalue weighted by atomic mass is 19.4. The number of nitrogens with zero attached hydrogens (tertiary/aromatic N) is 1. The molecule has 0 unspecified atom stereocenters. The van der Waals surface area contributed by atoms with Gasteiger partial charge in [0.05, 0.1) is 7.11 Å². The highest BCUT2D eigenvalue weighted by Crippen LogP contribution is 2.24. The van der Waals surface area contributed by atoms with E-state index < -0.39 is 12.7 Å². The van der Waals surface area contributed by atoms with E-state index in [1.165, 1.54) is 12.0 Å². The molecule has 1 rings (SSSR count). The molecule has 0 saturated carbocycles. The molecule has 0 N–H and O–H groups in total. The first-order valence-electron chi connectivity index (χ1n) is 4.92. The number of rotatable bonds is 4.